The zero-order valence-corrected chi connectivity index (χ0v) is 9.26. The number of carbonyl (C=O) groups is 1. The molecule has 0 aliphatic carbocycles. The molecule has 0 aromatic heterocycles. The second-order valence-electron chi connectivity index (χ2n) is 3.41. The second kappa shape index (κ2) is 7.40. The summed E-state index contributed by atoms with van der Waals surface area (Å²) in [5.41, 5.74) is 0.893. The summed E-state index contributed by atoms with van der Waals surface area (Å²) in [7, 11) is 0. The van der Waals surface area contributed by atoms with E-state index in [1.807, 2.05) is 30.3 Å². The van der Waals surface area contributed by atoms with Crippen LogP contribution in [0.5, 0.6) is 0 Å². The third-order valence-electron chi connectivity index (χ3n) is 2.04. The molecule has 91 valence electrons. The van der Waals surface area contributed by atoms with Crippen molar-refractivity contribution in [1.82, 2.24) is 5.32 Å². The van der Waals surface area contributed by atoms with Gasteiger partial charge >= 0.3 is 6.09 Å². The monoisotopic (exact) mass is 236 g/mol. The van der Waals surface area contributed by atoms with Crippen LogP contribution in [0, 0.1) is 0 Å². The van der Waals surface area contributed by atoms with Crippen molar-refractivity contribution in [2.75, 3.05) is 6.54 Å². The van der Waals surface area contributed by atoms with Gasteiger partial charge in [-0.15, -0.1) is 0 Å². The van der Waals surface area contributed by atoms with E-state index in [2.05, 4.69) is 5.32 Å². The van der Waals surface area contributed by atoms with Crippen LogP contribution in [-0.4, -0.2) is 30.1 Å². The number of aliphatic hydroxyl groups excluding tert-OH is 1. The van der Waals surface area contributed by atoms with Crippen molar-refractivity contribution in [3.8, 4) is 0 Å². The summed E-state index contributed by atoms with van der Waals surface area (Å²) in [6.07, 6.45) is -0.201. The minimum absolute atomic E-state index is 0.129. The van der Waals surface area contributed by atoms with Gasteiger partial charge in [0.15, 0.2) is 0 Å². The zero-order valence-electron chi connectivity index (χ0n) is 9.26. The summed E-state index contributed by atoms with van der Waals surface area (Å²) in [5, 5.41) is 11.3. The van der Waals surface area contributed by atoms with Gasteiger partial charge < -0.3 is 15.2 Å². The van der Waals surface area contributed by atoms with Crippen LogP contribution in [0.4, 0.5) is 4.79 Å². The molecule has 0 fully saturated rings. The Kier molecular flexibility index (Phi) is 5.74. The van der Waals surface area contributed by atoms with E-state index in [0.29, 0.717) is 0 Å². The lowest BCUT2D eigenvalue weighted by molar-refractivity contribution is 0.137. The molecule has 1 radical (unpaired) electrons. The van der Waals surface area contributed by atoms with E-state index in [0.717, 1.165) is 5.56 Å². The fourth-order valence-electron chi connectivity index (χ4n) is 1.14. The maximum absolute atomic E-state index is 11.2. The van der Waals surface area contributed by atoms with Gasteiger partial charge in [0.05, 0.1) is 0 Å². The third-order valence-corrected chi connectivity index (χ3v) is 2.04. The average molecular weight is 236 g/mol. The topological polar surface area (TPSA) is 75.6 Å². The Balaban J connectivity index is 2.15. The molecule has 0 saturated carbocycles. The van der Waals surface area contributed by atoms with Crippen molar-refractivity contribution < 1.29 is 19.4 Å². The number of rotatable bonds is 6. The highest BCUT2D eigenvalue weighted by atomic mass is 16.5. The maximum atomic E-state index is 11.2. The van der Waals surface area contributed by atoms with E-state index in [-0.39, 0.29) is 19.6 Å². The number of carbonyl (C=O) groups excluding carboxylic acids is 2. The lowest BCUT2D eigenvalue weighted by atomic mass is 10.2. The Labute approximate surface area is 99.4 Å². The third kappa shape index (κ3) is 5.67. The summed E-state index contributed by atoms with van der Waals surface area (Å²) in [5.74, 6) is 0. The molecule has 0 aliphatic heterocycles. The molecule has 1 rings (SSSR count). The zero-order chi connectivity index (χ0) is 12.5. The highest BCUT2D eigenvalue weighted by Crippen LogP contribution is 2.00. The minimum atomic E-state index is -1.16. The molecule has 0 heterocycles. The van der Waals surface area contributed by atoms with Gasteiger partial charge in [-0.1, -0.05) is 30.3 Å². The predicted octanol–water partition coefficient (Wildman–Crippen LogP) is 0.773. The van der Waals surface area contributed by atoms with Gasteiger partial charge in [0.2, 0.25) is 6.29 Å². The van der Waals surface area contributed by atoms with Gasteiger partial charge in [0, 0.05) is 6.54 Å². The molecule has 1 amide bonds. The van der Waals surface area contributed by atoms with Crippen LogP contribution < -0.4 is 5.32 Å². The van der Waals surface area contributed by atoms with Gasteiger partial charge in [-0.3, -0.25) is 4.79 Å². The molecule has 1 atom stereocenters. The van der Waals surface area contributed by atoms with Crippen molar-refractivity contribution in [3.63, 3.8) is 0 Å². The first kappa shape index (κ1) is 13.2. The molecule has 0 saturated heterocycles. The first-order valence-corrected chi connectivity index (χ1v) is 5.22. The summed E-state index contributed by atoms with van der Waals surface area (Å²) in [4.78, 5) is 21.1. The van der Waals surface area contributed by atoms with Crippen LogP contribution in [-0.2, 0) is 16.1 Å². The van der Waals surface area contributed by atoms with Gasteiger partial charge in [-0.05, 0) is 12.0 Å². The number of amides is 1. The number of ether oxygens (including phenoxy) is 1. The Bertz CT molecular complexity index is 353. The quantitative estimate of drug-likeness (QED) is 0.765. The van der Waals surface area contributed by atoms with Crippen molar-refractivity contribution in [1.29, 1.82) is 0 Å². The number of alkyl carbamates (subject to hydrolysis) is 1. The second-order valence-corrected chi connectivity index (χ2v) is 3.41. The van der Waals surface area contributed by atoms with Gasteiger partial charge in [0.1, 0.15) is 12.7 Å². The van der Waals surface area contributed by atoms with Crippen LogP contribution in [0.1, 0.15) is 12.0 Å². The van der Waals surface area contributed by atoms with Crippen molar-refractivity contribution in [3.05, 3.63) is 35.9 Å². The van der Waals surface area contributed by atoms with Gasteiger partial charge in [-0.2, -0.15) is 0 Å². The summed E-state index contributed by atoms with van der Waals surface area (Å²) < 4.78 is 4.91. The normalized spacial score (nSPS) is 11.6. The van der Waals surface area contributed by atoms with E-state index < -0.39 is 12.2 Å². The van der Waals surface area contributed by atoms with Crippen molar-refractivity contribution in [2.24, 2.45) is 0 Å². The molecular weight excluding hydrogens is 222 g/mol. The van der Waals surface area contributed by atoms with Gasteiger partial charge in [-0.25, -0.2) is 4.79 Å². The first-order valence-electron chi connectivity index (χ1n) is 5.22. The lowest BCUT2D eigenvalue weighted by Gasteiger charge is -2.07. The number of nitrogens with one attached hydrogen (secondary N) is 1. The number of benzene rings is 1. The van der Waals surface area contributed by atoms with Crippen LogP contribution in [0.15, 0.2) is 30.3 Å². The van der Waals surface area contributed by atoms with Gasteiger partial charge in [0.25, 0.3) is 0 Å². The van der Waals surface area contributed by atoms with E-state index >= 15 is 0 Å². The fraction of sp³-hybridized carbons (Fsp3) is 0.333. The summed E-state index contributed by atoms with van der Waals surface area (Å²) in [6, 6.07) is 9.28. The van der Waals surface area contributed by atoms with Crippen molar-refractivity contribution >= 4 is 12.4 Å². The Morgan fingerprint density at radius 2 is 2.12 bits per heavy atom. The molecule has 0 spiro atoms. The predicted molar refractivity (Wildman–Crippen MR) is 60.9 cm³/mol. The Morgan fingerprint density at radius 1 is 1.41 bits per heavy atom. The highest BCUT2D eigenvalue weighted by molar-refractivity contribution is 5.67. The molecule has 5 nitrogen and oxygen atoms in total. The van der Waals surface area contributed by atoms with Crippen LogP contribution >= 0.6 is 0 Å². The first-order chi connectivity index (χ1) is 8.22. The van der Waals surface area contributed by atoms with E-state index in [1.165, 1.54) is 6.29 Å². The molecule has 2 N–H and O–H groups in total. The molecule has 0 bridgehead atoms. The summed E-state index contributed by atoms with van der Waals surface area (Å²) in [6.45, 7) is 0.360. The van der Waals surface area contributed by atoms with E-state index in [4.69, 9.17) is 9.84 Å². The fourth-order valence-corrected chi connectivity index (χ4v) is 1.14. The molecule has 1 aromatic carbocycles. The molecule has 1 unspecified atom stereocenters. The SMILES string of the molecule is O=[C]C(O)CCNC(=O)OCc1ccccc1. The molecule has 5 heteroatoms. The van der Waals surface area contributed by atoms with Crippen LogP contribution in [0.2, 0.25) is 0 Å². The number of hydrogen-bond acceptors (Lipinski definition) is 4. The molecular formula is C12H14NO4. The van der Waals surface area contributed by atoms with E-state index in [1.54, 1.807) is 0 Å². The van der Waals surface area contributed by atoms with E-state index in [9.17, 15) is 9.59 Å². The average Bonchev–Trinajstić information content (AvgIpc) is 2.37. The minimum Gasteiger partial charge on any atom is -0.445 e. The van der Waals surface area contributed by atoms with Crippen LogP contribution in [0.3, 0.4) is 0 Å². The largest absolute Gasteiger partial charge is 0.445 e. The number of hydrogen-bond donors (Lipinski definition) is 2. The highest BCUT2D eigenvalue weighted by Gasteiger charge is 2.05. The molecule has 0 aliphatic rings. The maximum Gasteiger partial charge on any atom is 0.407 e. The molecule has 1 aromatic rings. The molecule has 17 heavy (non-hydrogen) atoms. The summed E-state index contributed by atoms with van der Waals surface area (Å²) >= 11 is 0. The smallest absolute Gasteiger partial charge is 0.407 e. The lowest BCUT2D eigenvalue weighted by Crippen LogP contribution is -2.28. The van der Waals surface area contributed by atoms with Crippen molar-refractivity contribution in [2.45, 2.75) is 19.1 Å². The Morgan fingerprint density at radius 3 is 2.76 bits per heavy atom. The van der Waals surface area contributed by atoms with Crippen LogP contribution in [0.25, 0.3) is 0 Å². The Hall–Kier alpha value is -1.88. The standard InChI is InChI=1S/C12H14NO4/c14-8-11(15)6-7-13-12(16)17-9-10-4-2-1-3-5-10/h1-5,11,15H,6-7,9H2,(H,13,16). The number of aliphatic hydroxyl groups is 1.